The number of nitrogens with one attached hydrogen (secondary N) is 1. The fourth-order valence-corrected chi connectivity index (χ4v) is 3.07. The largest absolute Gasteiger partial charge is 0.314 e. The van der Waals surface area contributed by atoms with E-state index in [2.05, 4.69) is 33.1 Å². The van der Waals surface area contributed by atoms with Gasteiger partial charge in [0.2, 0.25) is 0 Å². The van der Waals surface area contributed by atoms with Crippen molar-refractivity contribution in [3.05, 3.63) is 34.1 Å². The maximum atomic E-state index is 14.0. The van der Waals surface area contributed by atoms with Crippen LogP contribution in [-0.2, 0) is 0 Å². The molecule has 1 aromatic rings. The minimum atomic E-state index is -0.107. The van der Waals surface area contributed by atoms with Crippen LogP contribution in [0.4, 0.5) is 4.39 Å². The van der Waals surface area contributed by atoms with Crippen molar-refractivity contribution in [1.82, 2.24) is 10.2 Å². The summed E-state index contributed by atoms with van der Waals surface area (Å²) in [5, 5.41) is 3.33. The van der Waals surface area contributed by atoms with Gasteiger partial charge in [-0.2, -0.15) is 0 Å². The van der Waals surface area contributed by atoms with Gasteiger partial charge in [-0.3, -0.25) is 4.90 Å². The number of hydrogen-bond donors (Lipinski definition) is 1. The average molecular weight is 338 g/mol. The SMILES string of the molecule is CC[C@H](c1c(F)cccc1Br)N1CCNCC1.Cl. The maximum absolute atomic E-state index is 14.0. The standard InChI is InChI=1S/C13H18BrFN2.ClH/c1-2-12(17-8-6-16-7-9-17)13-10(14)4-3-5-11(13)15;/h3-5,12,16H,2,6-9H2,1H3;1H/t12-;/m1./s1. The molecule has 1 saturated heterocycles. The van der Waals surface area contributed by atoms with Gasteiger partial charge >= 0.3 is 0 Å². The van der Waals surface area contributed by atoms with Gasteiger partial charge < -0.3 is 5.32 Å². The second-order valence-corrected chi connectivity index (χ2v) is 5.20. The highest BCUT2D eigenvalue weighted by Gasteiger charge is 2.24. The summed E-state index contributed by atoms with van der Waals surface area (Å²) in [4.78, 5) is 2.36. The normalized spacial score (nSPS) is 18.2. The van der Waals surface area contributed by atoms with Gasteiger partial charge in [0.15, 0.2) is 0 Å². The quantitative estimate of drug-likeness (QED) is 0.910. The molecule has 0 amide bonds. The monoisotopic (exact) mass is 336 g/mol. The Balaban J connectivity index is 0.00000162. The summed E-state index contributed by atoms with van der Waals surface area (Å²) in [6.45, 7) is 6.06. The molecule has 1 fully saturated rings. The Labute approximate surface area is 122 Å². The molecule has 2 rings (SSSR count). The third-order valence-corrected chi connectivity index (χ3v) is 4.00. The Kier molecular flexibility index (Phi) is 6.57. The predicted octanol–water partition coefficient (Wildman–Crippen LogP) is 3.37. The van der Waals surface area contributed by atoms with Gasteiger partial charge in [0.25, 0.3) is 0 Å². The van der Waals surface area contributed by atoms with Crippen molar-refractivity contribution in [2.45, 2.75) is 19.4 Å². The van der Waals surface area contributed by atoms with E-state index in [-0.39, 0.29) is 24.3 Å². The van der Waals surface area contributed by atoms with Gasteiger partial charge in [-0.05, 0) is 18.6 Å². The molecule has 0 bridgehead atoms. The first-order valence-electron chi connectivity index (χ1n) is 6.12. The second-order valence-electron chi connectivity index (χ2n) is 4.35. The average Bonchev–Trinajstić information content (AvgIpc) is 2.35. The van der Waals surface area contributed by atoms with Crippen molar-refractivity contribution in [3.63, 3.8) is 0 Å². The zero-order valence-electron chi connectivity index (χ0n) is 10.5. The van der Waals surface area contributed by atoms with Gasteiger partial charge in [-0.1, -0.05) is 28.9 Å². The van der Waals surface area contributed by atoms with E-state index in [1.807, 2.05) is 6.07 Å². The summed E-state index contributed by atoms with van der Waals surface area (Å²) in [6, 6.07) is 5.38. The fourth-order valence-electron chi connectivity index (χ4n) is 2.47. The molecular weight excluding hydrogens is 319 g/mol. The molecule has 1 aliphatic rings. The fraction of sp³-hybridized carbons (Fsp3) is 0.538. The van der Waals surface area contributed by atoms with E-state index < -0.39 is 0 Å². The predicted molar refractivity (Wildman–Crippen MR) is 78.8 cm³/mol. The summed E-state index contributed by atoms with van der Waals surface area (Å²) in [5.74, 6) is -0.107. The van der Waals surface area contributed by atoms with Crippen LogP contribution in [0.2, 0.25) is 0 Å². The van der Waals surface area contributed by atoms with Gasteiger partial charge in [0.05, 0.1) is 0 Å². The Bertz CT molecular complexity index is 363. The minimum Gasteiger partial charge on any atom is -0.314 e. The molecule has 1 heterocycles. The first kappa shape index (κ1) is 15.9. The van der Waals surface area contributed by atoms with E-state index in [0.29, 0.717) is 0 Å². The van der Waals surface area contributed by atoms with Gasteiger partial charge in [0.1, 0.15) is 5.82 Å². The topological polar surface area (TPSA) is 15.3 Å². The van der Waals surface area contributed by atoms with Crippen LogP contribution in [0, 0.1) is 5.82 Å². The van der Waals surface area contributed by atoms with Crippen LogP contribution in [0.25, 0.3) is 0 Å². The van der Waals surface area contributed by atoms with Crippen molar-refractivity contribution in [2.75, 3.05) is 26.2 Å². The number of piperazine rings is 1. The maximum Gasteiger partial charge on any atom is 0.129 e. The zero-order valence-corrected chi connectivity index (χ0v) is 12.9. The molecule has 0 saturated carbocycles. The van der Waals surface area contributed by atoms with Crippen molar-refractivity contribution in [1.29, 1.82) is 0 Å². The van der Waals surface area contributed by atoms with E-state index in [9.17, 15) is 4.39 Å². The van der Waals surface area contributed by atoms with E-state index in [0.717, 1.165) is 42.6 Å². The number of halogens is 3. The molecule has 0 radical (unpaired) electrons. The summed E-state index contributed by atoms with van der Waals surface area (Å²) in [5.41, 5.74) is 0.803. The molecule has 0 aliphatic carbocycles. The molecule has 1 aliphatic heterocycles. The van der Waals surface area contributed by atoms with E-state index in [4.69, 9.17) is 0 Å². The van der Waals surface area contributed by atoms with Crippen molar-refractivity contribution < 1.29 is 4.39 Å². The first-order chi connectivity index (χ1) is 8.24. The van der Waals surface area contributed by atoms with Crippen molar-refractivity contribution in [3.8, 4) is 0 Å². The molecule has 1 aromatic carbocycles. The molecule has 5 heteroatoms. The Morgan fingerprint density at radius 2 is 2.06 bits per heavy atom. The van der Waals surface area contributed by atoms with E-state index in [1.54, 1.807) is 12.1 Å². The summed E-state index contributed by atoms with van der Waals surface area (Å²) < 4.78 is 14.8. The number of benzene rings is 1. The Hall–Kier alpha value is -0.160. The lowest BCUT2D eigenvalue weighted by molar-refractivity contribution is 0.165. The van der Waals surface area contributed by atoms with Crippen LogP contribution in [0.15, 0.2) is 22.7 Å². The highest BCUT2D eigenvalue weighted by molar-refractivity contribution is 9.10. The third kappa shape index (κ3) is 3.44. The molecule has 102 valence electrons. The van der Waals surface area contributed by atoms with Gasteiger partial charge in [-0.15, -0.1) is 12.4 Å². The highest BCUT2D eigenvalue weighted by atomic mass is 79.9. The van der Waals surface area contributed by atoms with Crippen LogP contribution in [-0.4, -0.2) is 31.1 Å². The number of nitrogens with zero attached hydrogens (tertiary/aromatic N) is 1. The molecule has 2 nitrogen and oxygen atoms in total. The van der Waals surface area contributed by atoms with Crippen molar-refractivity contribution >= 4 is 28.3 Å². The van der Waals surface area contributed by atoms with Crippen LogP contribution in [0.1, 0.15) is 24.9 Å². The molecule has 0 spiro atoms. The molecule has 0 unspecified atom stereocenters. The number of rotatable bonds is 3. The van der Waals surface area contributed by atoms with Crippen LogP contribution in [0.5, 0.6) is 0 Å². The molecule has 0 aromatic heterocycles. The van der Waals surface area contributed by atoms with Crippen molar-refractivity contribution in [2.24, 2.45) is 0 Å². The lowest BCUT2D eigenvalue weighted by Gasteiger charge is -2.35. The van der Waals surface area contributed by atoms with Crippen LogP contribution >= 0.6 is 28.3 Å². The van der Waals surface area contributed by atoms with E-state index >= 15 is 0 Å². The third-order valence-electron chi connectivity index (χ3n) is 3.31. The summed E-state index contributed by atoms with van der Waals surface area (Å²) >= 11 is 3.47. The minimum absolute atomic E-state index is 0. The number of hydrogen-bond acceptors (Lipinski definition) is 2. The lowest BCUT2D eigenvalue weighted by Crippen LogP contribution is -2.45. The summed E-state index contributed by atoms with van der Waals surface area (Å²) in [7, 11) is 0. The Morgan fingerprint density at radius 3 is 2.61 bits per heavy atom. The smallest absolute Gasteiger partial charge is 0.129 e. The molecular formula is C13H19BrClFN2. The second kappa shape index (κ2) is 7.43. The highest BCUT2D eigenvalue weighted by Crippen LogP contribution is 2.32. The van der Waals surface area contributed by atoms with E-state index in [1.165, 1.54) is 0 Å². The molecule has 1 N–H and O–H groups in total. The van der Waals surface area contributed by atoms with Crippen LogP contribution in [0.3, 0.4) is 0 Å². The zero-order chi connectivity index (χ0) is 12.3. The molecule has 1 atom stereocenters. The lowest BCUT2D eigenvalue weighted by atomic mass is 10.0. The molecule has 18 heavy (non-hydrogen) atoms. The van der Waals surface area contributed by atoms with Gasteiger partial charge in [0, 0.05) is 42.3 Å². The first-order valence-corrected chi connectivity index (χ1v) is 6.92. The van der Waals surface area contributed by atoms with Gasteiger partial charge in [-0.25, -0.2) is 4.39 Å². The van der Waals surface area contributed by atoms with Crippen LogP contribution < -0.4 is 5.32 Å². The Morgan fingerprint density at radius 1 is 1.39 bits per heavy atom. The summed E-state index contributed by atoms with van der Waals surface area (Å²) in [6.07, 6.45) is 0.930.